The lowest BCUT2D eigenvalue weighted by molar-refractivity contribution is -0.0675. The van der Waals surface area contributed by atoms with Crippen LogP contribution in [0.25, 0.3) is 0 Å². The number of anilines is 1. The quantitative estimate of drug-likeness (QED) is 0.325. The lowest BCUT2D eigenvalue weighted by atomic mass is 9.67. The van der Waals surface area contributed by atoms with E-state index in [2.05, 4.69) is 45.4 Å². The standard InChI is InChI=1S/C35H44ClN3O4S/c1-23-5-3-7-31(38-18-28(19-38)42-2)29-11-8-26(29)17-39-21-35(14-4-6-24-15-27(36)10-12-30(24)35)22-43-33-13-9-25(16-32(33)39)34(40)37-44(41)20-23/h3,7,9-10,12-13,15-16,23,26,28-29,31,44H,4-6,8,11,14,17-22H2,1-2H3/b7-3+/t23-,26-,29+,31?,35-/m0/s1. The molecule has 5 aliphatic rings. The first-order valence-electron chi connectivity index (χ1n) is 16.3. The first-order valence-corrected chi connectivity index (χ1v) is 18.0. The van der Waals surface area contributed by atoms with Gasteiger partial charge in [0.15, 0.2) is 0 Å². The van der Waals surface area contributed by atoms with Gasteiger partial charge in [-0.2, -0.15) is 4.36 Å². The first-order chi connectivity index (χ1) is 21.3. The van der Waals surface area contributed by atoms with Gasteiger partial charge in [-0.3, -0.25) is 13.9 Å². The molecule has 0 radical (unpaired) electrons. The summed E-state index contributed by atoms with van der Waals surface area (Å²) >= 11 is 6.45. The fourth-order valence-electron chi connectivity index (χ4n) is 8.19. The van der Waals surface area contributed by atoms with Crippen molar-refractivity contribution in [3.63, 3.8) is 0 Å². The van der Waals surface area contributed by atoms with Crippen LogP contribution < -0.4 is 9.64 Å². The van der Waals surface area contributed by atoms with Crippen LogP contribution in [0.2, 0.25) is 5.02 Å². The summed E-state index contributed by atoms with van der Waals surface area (Å²) in [5, 5.41) is 0.779. The molecule has 6 atom stereocenters. The zero-order valence-electron chi connectivity index (χ0n) is 25.8. The van der Waals surface area contributed by atoms with E-state index in [0.717, 1.165) is 68.3 Å². The van der Waals surface area contributed by atoms with Crippen molar-refractivity contribution in [2.24, 2.45) is 22.1 Å². The number of rotatable bonds is 2. The van der Waals surface area contributed by atoms with Crippen LogP contribution in [0.5, 0.6) is 5.75 Å². The maximum Gasteiger partial charge on any atom is 0.284 e. The van der Waals surface area contributed by atoms with Gasteiger partial charge in [0.05, 0.1) is 18.4 Å². The molecule has 1 amide bonds. The summed E-state index contributed by atoms with van der Waals surface area (Å²) in [4.78, 5) is 18.3. The molecule has 1 saturated carbocycles. The van der Waals surface area contributed by atoms with Crippen molar-refractivity contribution in [1.29, 1.82) is 0 Å². The van der Waals surface area contributed by atoms with Gasteiger partial charge in [0.25, 0.3) is 5.91 Å². The summed E-state index contributed by atoms with van der Waals surface area (Å²) in [6, 6.07) is 12.4. The van der Waals surface area contributed by atoms with Crippen molar-refractivity contribution < 1.29 is 18.5 Å². The maximum atomic E-state index is 13.3. The lowest BCUT2D eigenvalue weighted by Gasteiger charge is -2.52. The number of allylic oxidation sites excluding steroid dienone is 1. The second kappa shape index (κ2) is 12.4. The van der Waals surface area contributed by atoms with Gasteiger partial charge in [0.1, 0.15) is 5.75 Å². The predicted octanol–water partition coefficient (Wildman–Crippen LogP) is 5.94. The largest absolute Gasteiger partial charge is 0.490 e. The van der Waals surface area contributed by atoms with Crippen molar-refractivity contribution in [3.05, 3.63) is 70.3 Å². The van der Waals surface area contributed by atoms with Crippen molar-refractivity contribution in [1.82, 2.24) is 4.90 Å². The highest BCUT2D eigenvalue weighted by atomic mass is 35.5. The second-order valence-corrected chi connectivity index (χ2v) is 15.5. The summed E-state index contributed by atoms with van der Waals surface area (Å²) in [7, 11) is -0.180. The fraction of sp³-hybridized carbons (Fsp3) is 0.571. The number of carbonyl (C=O) groups excluding carboxylic acids is 1. The van der Waals surface area contributed by atoms with E-state index in [1.54, 1.807) is 6.07 Å². The van der Waals surface area contributed by atoms with Crippen molar-refractivity contribution in [2.45, 2.75) is 63.0 Å². The van der Waals surface area contributed by atoms with Gasteiger partial charge in [0, 0.05) is 71.7 Å². The minimum absolute atomic E-state index is 0.173. The molecule has 1 saturated heterocycles. The van der Waals surface area contributed by atoms with Gasteiger partial charge in [-0.25, -0.2) is 0 Å². The number of hydrogen-bond donors (Lipinski definition) is 1. The molecule has 2 bridgehead atoms. The topological polar surface area (TPSA) is 71.4 Å². The molecule has 0 aromatic heterocycles. The van der Waals surface area contributed by atoms with E-state index in [0.29, 0.717) is 41.9 Å². The summed E-state index contributed by atoms with van der Waals surface area (Å²) in [5.74, 6) is 2.05. The normalized spacial score (nSPS) is 33.9. The number of benzene rings is 2. The molecule has 3 aliphatic heterocycles. The summed E-state index contributed by atoms with van der Waals surface area (Å²) < 4.78 is 29.4. The van der Waals surface area contributed by atoms with Crippen LogP contribution in [0.4, 0.5) is 5.69 Å². The number of fused-ring (bicyclic) bond motifs is 4. The minimum atomic E-state index is -1.99. The Balaban J connectivity index is 1.28. The maximum absolute atomic E-state index is 13.3. The molecule has 2 aromatic carbocycles. The molecule has 3 heterocycles. The molecule has 7 nitrogen and oxygen atoms in total. The van der Waals surface area contributed by atoms with Gasteiger partial charge < -0.3 is 14.4 Å². The molecule has 2 unspecified atom stereocenters. The van der Waals surface area contributed by atoms with Crippen LogP contribution in [-0.4, -0.2) is 72.8 Å². The number of carbonyl (C=O) groups is 1. The van der Waals surface area contributed by atoms with E-state index in [1.807, 2.05) is 25.3 Å². The first kappa shape index (κ1) is 30.3. The number of methoxy groups -OCH3 is 1. The summed E-state index contributed by atoms with van der Waals surface area (Å²) in [5.41, 5.74) is 3.90. The van der Waals surface area contributed by atoms with Gasteiger partial charge in [-0.1, -0.05) is 36.7 Å². The van der Waals surface area contributed by atoms with Gasteiger partial charge >= 0.3 is 0 Å². The number of aryl methyl sites for hydroxylation is 1. The van der Waals surface area contributed by atoms with Gasteiger partial charge in [-0.15, -0.1) is 0 Å². The molecule has 44 heavy (non-hydrogen) atoms. The summed E-state index contributed by atoms with van der Waals surface area (Å²) in [6.07, 6.45) is 11.4. The van der Waals surface area contributed by atoms with Crippen molar-refractivity contribution in [3.8, 4) is 5.75 Å². The molecule has 9 heteroatoms. The van der Waals surface area contributed by atoms with Crippen LogP contribution >= 0.6 is 11.6 Å². The molecule has 2 fully saturated rings. The fourth-order valence-corrected chi connectivity index (χ4v) is 9.47. The average molecular weight is 638 g/mol. The third kappa shape index (κ3) is 5.83. The van der Waals surface area contributed by atoms with E-state index in [-0.39, 0.29) is 11.3 Å². The molecule has 236 valence electrons. The van der Waals surface area contributed by atoms with E-state index < -0.39 is 16.5 Å². The predicted molar refractivity (Wildman–Crippen MR) is 177 cm³/mol. The smallest absolute Gasteiger partial charge is 0.284 e. The van der Waals surface area contributed by atoms with Crippen LogP contribution in [-0.2, 0) is 27.2 Å². The zero-order valence-corrected chi connectivity index (χ0v) is 27.4. The number of ether oxygens (including phenoxy) is 2. The molecular formula is C35H44ClN3O4S. The minimum Gasteiger partial charge on any atom is -0.490 e. The van der Waals surface area contributed by atoms with Crippen LogP contribution in [0.3, 0.4) is 0 Å². The van der Waals surface area contributed by atoms with E-state index in [1.165, 1.54) is 24.0 Å². The molecule has 2 aliphatic carbocycles. The number of amides is 1. The molecule has 1 spiro atoms. The third-order valence-corrected chi connectivity index (χ3v) is 12.4. The Hall–Kier alpha value is -2.39. The number of halogens is 1. The van der Waals surface area contributed by atoms with E-state index in [4.69, 9.17) is 21.1 Å². The molecule has 0 N–H and O–H groups in total. The second-order valence-electron chi connectivity index (χ2n) is 13.8. The van der Waals surface area contributed by atoms with Gasteiger partial charge in [-0.05, 0) is 97.7 Å². The Labute approximate surface area is 268 Å². The number of thiol groups is 1. The Kier molecular flexibility index (Phi) is 8.55. The van der Waals surface area contributed by atoms with Crippen LogP contribution in [0.15, 0.2) is 52.9 Å². The number of likely N-dealkylation sites (tertiary alicyclic amines) is 1. The lowest BCUT2D eigenvalue weighted by Crippen LogP contribution is -2.60. The Morgan fingerprint density at radius 3 is 2.80 bits per heavy atom. The molecule has 2 aromatic rings. The third-order valence-electron chi connectivity index (χ3n) is 10.8. The van der Waals surface area contributed by atoms with Crippen molar-refractivity contribution >= 4 is 33.8 Å². The number of hydrogen-bond acceptors (Lipinski definition) is 6. The Bertz CT molecular complexity index is 1530. The van der Waals surface area contributed by atoms with E-state index >= 15 is 0 Å². The number of nitrogens with zero attached hydrogens (tertiary/aromatic N) is 3. The van der Waals surface area contributed by atoms with Gasteiger partial charge in [0.2, 0.25) is 0 Å². The Morgan fingerprint density at radius 1 is 1.14 bits per heavy atom. The zero-order chi connectivity index (χ0) is 30.4. The molecule has 7 rings (SSSR count). The highest BCUT2D eigenvalue weighted by Gasteiger charge is 2.46. The van der Waals surface area contributed by atoms with Crippen LogP contribution in [0.1, 0.15) is 60.5 Å². The monoisotopic (exact) mass is 637 g/mol. The molecular weight excluding hydrogens is 594 g/mol. The van der Waals surface area contributed by atoms with E-state index in [9.17, 15) is 9.00 Å². The van der Waals surface area contributed by atoms with Crippen molar-refractivity contribution in [2.75, 3.05) is 50.5 Å². The average Bonchev–Trinajstić information content (AvgIpc) is 3.11. The SMILES string of the molecule is COC1CN(C2/C=C/C[C@H](C)C/[SH](=O)=N\C(=O)c3ccc4c(c3)N(C[C@@H]3CC[C@@H]23)C[C@@]2(CCCc3cc(Cl)ccc32)CO4)C1. The highest BCUT2D eigenvalue weighted by Crippen LogP contribution is 2.47. The summed E-state index contributed by atoms with van der Waals surface area (Å²) in [6.45, 7) is 6.31. The highest BCUT2D eigenvalue weighted by molar-refractivity contribution is 7.75. The Morgan fingerprint density at radius 2 is 2.00 bits per heavy atom. The van der Waals surface area contributed by atoms with Crippen LogP contribution in [0, 0.1) is 17.8 Å².